The van der Waals surface area contributed by atoms with Gasteiger partial charge in [-0.25, -0.2) is 14.4 Å². The van der Waals surface area contributed by atoms with Crippen LogP contribution in [-0.4, -0.2) is 9.97 Å². The molecule has 0 radical (unpaired) electrons. The molecule has 3 N–H and O–H groups in total. The average molecular weight is 325 g/mol. The summed E-state index contributed by atoms with van der Waals surface area (Å²) >= 11 is 3.33. The Morgan fingerprint density at radius 1 is 1.42 bits per heavy atom. The maximum atomic E-state index is 13.7. The number of aromatic nitrogens is 2. The fourth-order valence-electron chi connectivity index (χ4n) is 1.84. The Balaban J connectivity index is 2.26. The zero-order valence-corrected chi connectivity index (χ0v) is 12.0. The molecule has 100 valence electrons. The van der Waals surface area contributed by atoms with Crippen LogP contribution in [0.3, 0.4) is 0 Å². The van der Waals surface area contributed by atoms with Gasteiger partial charge in [-0.05, 0) is 43.2 Å². The van der Waals surface area contributed by atoms with Gasteiger partial charge in [-0.15, -0.1) is 0 Å². The van der Waals surface area contributed by atoms with Crippen molar-refractivity contribution in [1.82, 2.24) is 15.4 Å². The van der Waals surface area contributed by atoms with E-state index in [-0.39, 0.29) is 11.9 Å². The fourth-order valence-corrected chi connectivity index (χ4v) is 2.25. The zero-order valence-electron chi connectivity index (χ0n) is 10.4. The molecular weight excluding hydrogens is 311 g/mol. The number of nitrogens with zero attached hydrogens (tertiary/aromatic N) is 2. The van der Waals surface area contributed by atoms with E-state index in [0.29, 0.717) is 17.8 Å². The minimum atomic E-state index is -0.259. The van der Waals surface area contributed by atoms with E-state index in [0.717, 1.165) is 10.2 Å². The van der Waals surface area contributed by atoms with Gasteiger partial charge in [-0.3, -0.25) is 11.3 Å². The summed E-state index contributed by atoms with van der Waals surface area (Å²) in [6, 6.07) is 6.35. The molecule has 0 aliphatic heterocycles. The maximum absolute atomic E-state index is 13.7. The number of hydrogen-bond acceptors (Lipinski definition) is 4. The maximum Gasteiger partial charge on any atom is 0.126 e. The Morgan fingerprint density at radius 2 is 2.21 bits per heavy atom. The first-order valence-corrected chi connectivity index (χ1v) is 6.59. The van der Waals surface area contributed by atoms with E-state index in [1.807, 2.05) is 0 Å². The molecule has 0 aliphatic carbocycles. The summed E-state index contributed by atoms with van der Waals surface area (Å²) in [6.45, 7) is 1.80. The lowest BCUT2D eigenvalue weighted by atomic mass is 10.0. The topological polar surface area (TPSA) is 63.8 Å². The zero-order chi connectivity index (χ0) is 13.8. The molecule has 0 amide bonds. The van der Waals surface area contributed by atoms with Gasteiger partial charge in [0, 0.05) is 10.7 Å². The van der Waals surface area contributed by atoms with Crippen molar-refractivity contribution in [1.29, 1.82) is 0 Å². The van der Waals surface area contributed by atoms with Gasteiger partial charge in [0.2, 0.25) is 0 Å². The third-order valence-corrected chi connectivity index (χ3v) is 3.28. The lowest BCUT2D eigenvalue weighted by molar-refractivity contribution is 0.516. The molecule has 2 aromatic rings. The lowest BCUT2D eigenvalue weighted by Gasteiger charge is -2.16. The summed E-state index contributed by atoms with van der Waals surface area (Å²) in [5.74, 6) is 5.95. The van der Waals surface area contributed by atoms with E-state index in [9.17, 15) is 4.39 Å². The molecule has 1 aromatic heterocycles. The van der Waals surface area contributed by atoms with Crippen LogP contribution < -0.4 is 11.3 Å². The van der Waals surface area contributed by atoms with E-state index < -0.39 is 0 Å². The monoisotopic (exact) mass is 324 g/mol. The van der Waals surface area contributed by atoms with Gasteiger partial charge >= 0.3 is 0 Å². The molecule has 1 atom stereocenters. The predicted molar refractivity (Wildman–Crippen MR) is 74.6 cm³/mol. The van der Waals surface area contributed by atoms with Crippen molar-refractivity contribution in [2.24, 2.45) is 5.84 Å². The van der Waals surface area contributed by atoms with Crippen molar-refractivity contribution in [2.75, 3.05) is 0 Å². The summed E-state index contributed by atoms with van der Waals surface area (Å²) in [4.78, 5) is 8.34. The van der Waals surface area contributed by atoms with Gasteiger partial charge in [0.05, 0.1) is 11.7 Å². The molecule has 4 nitrogen and oxygen atoms in total. The number of nitrogens with two attached hydrogens (primary N) is 1. The summed E-state index contributed by atoms with van der Waals surface area (Å²) in [7, 11) is 0. The number of aryl methyl sites for hydroxylation is 1. The van der Waals surface area contributed by atoms with Crippen molar-refractivity contribution in [2.45, 2.75) is 19.4 Å². The number of rotatable bonds is 4. The molecule has 1 unspecified atom stereocenters. The van der Waals surface area contributed by atoms with Gasteiger partial charge < -0.3 is 0 Å². The highest BCUT2D eigenvalue weighted by Gasteiger charge is 2.15. The predicted octanol–water partition coefficient (Wildman–Crippen LogP) is 2.43. The molecule has 2 rings (SSSR count). The third kappa shape index (κ3) is 3.56. The summed E-state index contributed by atoms with van der Waals surface area (Å²) in [5, 5.41) is 0. The van der Waals surface area contributed by atoms with E-state index in [1.165, 1.54) is 6.07 Å². The van der Waals surface area contributed by atoms with Crippen LogP contribution in [0.15, 0.2) is 34.9 Å². The Morgan fingerprint density at radius 3 is 2.89 bits per heavy atom. The molecule has 0 saturated carbocycles. The van der Waals surface area contributed by atoms with Gasteiger partial charge in [-0.1, -0.05) is 15.9 Å². The molecule has 19 heavy (non-hydrogen) atoms. The standard InChI is InChI=1S/C13H14BrFN4/c1-8-17-5-4-12(18-8)13(19-16)7-9-6-10(14)2-3-11(9)15/h2-6,13,19H,7,16H2,1H3. The Labute approximate surface area is 119 Å². The first-order valence-electron chi connectivity index (χ1n) is 5.79. The molecule has 0 fully saturated rings. The van der Waals surface area contributed by atoms with Crippen molar-refractivity contribution in [3.63, 3.8) is 0 Å². The van der Waals surface area contributed by atoms with E-state index in [4.69, 9.17) is 5.84 Å². The van der Waals surface area contributed by atoms with Crippen LogP contribution in [-0.2, 0) is 6.42 Å². The van der Waals surface area contributed by atoms with Gasteiger partial charge in [0.25, 0.3) is 0 Å². The largest absolute Gasteiger partial charge is 0.271 e. The van der Waals surface area contributed by atoms with E-state index in [1.54, 1.807) is 31.3 Å². The molecule has 0 saturated heterocycles. The summed E-state index contributed by atoms with van der Waals surface area (Å²) < 4.78 is 14.6. The van der Waals surface area contributed by atoms with Crippen LogP contribution in [0.2, 0.25) is 0 Å². The number of benzene rings is 1. The quantitative estimate of drug-likeness (QED) is 0.669. The van der Waals surface area contributed by atoms with Crippen molar-refractivity contribution in [3.05, 3.63) is 57.8 Å². The number of halogens is 2. The highest BCUT2D eigenvalue weighted by Crippen LogP contribution is 2.21. The second-order valence-electron chi connectivity index (χ2n) is 4.19. The number of hydrazine groups is 1. The molecule has 0 spiro atoms. The summed E-state index contributed by atoms with van der Waals surface area (Å²) in [6.07, 6.45) is 2.08. The van der Waals surface area contributed by atoms with Crippen LogP contribution in [0, 0.1) is 12.7 Å². The molecule has 0 aliphatic rings. The van der Waals surface area contributed by atoms with E-state index in [2.05, 4.69) is 31.3 Å². The molecule has 0 bridgehead atoms. The minimum absolute atomic E-state index is 0.255. The Kier molecular flexibility index (Phi) is 4.57. The van der Waals surface area contributed by atoms with Crippen LogP contribution in [0.1, 0.15) is 23.1 Å². The van der Waals surface area contributed by atoms with Gasteiger partial charge in [-0.2, -0.15) is 0 Å². The van der Waals surface area contributed by atoms with E-state index >= 15 is 0 Å². The fraction of sp³-hybridized carbons (Fsp3) is 0.231. The molecule has 1 aromatic carbocycles. The third-order valence-electron chi connectivity index (χ3n) is 2.79. The highest BCUT2D eigenvalue weighted by atomic mass is 79.9. The van der Waals surface area contributed by atoms with Crippen molar-refractivity contribution in [3.8, 4) is 0 Å². The Hall–Kier alpha value is -1.37. The van der Waals surface area contributed by atoms with Gasteiger partial charge in [0.1, 0.15) is 11.6 Å². The van der Waals surface area contributed by atoms with Crippen LogP contribution in [0.25, 0.3) is 0 Å². The molecular formula is C13H14BrFN4. The summed E-state index contributed by atoms with van der Waals surface area (Å²) in [5.41, 5.74) is 3.99. The van der Waals surface area contributed by atoms with Crippen molar-refractivity contribution >= 4 is 15.9 Å². The minimum Gasteiger partial charge on any atom is -0.271 e. The van der Waals surface area contributed by atoms with Gasteiger partial charge in [0.15, 0.2) is 0 Å². The normalized spacial score (nSPS) is 12.4. The SMILES string of the molecule is Cc1nccc(C(Cc2cc(Br)ccc2F)NN)n1. The van der Waals surface area contributed by atoms with Crippen LogP contribution in [0.4, 0.5) is 4.39 Å². The number of hydrogen-bond donors (Lipinski definition) is 2. The first kappa shape index (κ1) is 14.0. The second kappa shape index (κ2) is 6.18. The second-order valence-corrected chi connectivity index (χ2v) is 5.10. The molecule has 6 heteroatoms. The smallest absolute Gasteiger partial charge is 0.126 e. The Bertz CT molecular complexity index is 576. The van der Waals surface area contributed by atoms with Crippen LogP contribution >= 0.6 is 15.9 Å². The highest BCUT2D eigenvalue weighted by molar-refractivity contribution is 9.10. The molecule has 1 heterocycles. The van der Waals surface area contributed by atoms with Crippen LogP contribution in [0.5, 0.6) is 0 Å². The lowest BCUT2D eigenvalue weighted by Crippen LogP contribution is -2.30. The average Bonchev–Trinajstić information content (AvgIpc) is 2.39. The first-order chi connectivity index (χ1) is 9.10. The number of nitrogens with one attached hydrogen (secondary N) is 1. The van der Waals surface area contributed by atoms with Crippen molar-refractivity contribution < 1.29 is 4.39 Å².